The van der Waals surface area contributed by atoms with Crippen LogP contribution in [0.25, 0.3) is 0 Å². The van der Waals surface area contributed by atoms with E-state index < -0.39 is 11.6 Å². The van der Waals surface area contributed by atoms with Crippen LogP contribution in [0.4, 0.5) is 0 Å². The predicted octanol–water partition coefficient (Wildman–Crippen LogP) is 4.28. The summed E-state index contributed by atoms with van der Waals surface area (Å²) in [5.74, 6) is 0.247. The van der Waals surface area contributed by atoms with Crippen molar-refractivity contribution in [2.75, 3.05) is 5.75 Å². The minimum absolute atomic E-state index is 0.236. The van der Waals surface area contributed by atoms with Gasteiger partial charge in [-0.15, -0.1) is 0 Å². The predicted molar refractivity (Wildman–Crippen MR) is 111 cm³/mol. The first kappa shape index (κ1) is 22.3. The molecule has 1 aliphatic carbocycles. The SMILES string of the molecule is CC(O)(CSC1CCC(O)C1CCCCCCC(=O)O)Cc1ccccc1. The zero-order valence-electron chi connectivity index (χ0n) is 16.3. The molecule has 1 aromatic carbocycles. The van der Waals surface area contributed by atoms with E-state index >= 15 is 0 Å². The van der Waals surface area contributed by atoms with Gasteiger partial charge >= 0.3 is 5.97 Å². The number of carboxylic acids is 1. The summed E-state index contributed by atoms with van der Waals surface area (Å²) in [5, 5.41) is 30.2. The van der Waals surface area contributed by atoms with Crippen LogP contribution in [0.1, 0.15) is 63.9 Å². The molecule has 2 rings (SSSR count). The molecule has 27 heavy (non-hydrogen) atoms. The summed E-state index contributed by atoms with van der Waals surface area (Å²) in [6.45, 7) is 1.90. The van der Waals surface area contributed by atoms with Gasteiger partial charge in [0.15, 0.2) is 0 Å². The van der Waals surface area contributed by atoms with Crippen LogP contribution in [0, 0.1) is 5.92 Å². The highest BCUT2D eigenvalue weighted by Gasteiger charge is 2.36. The Morgan fingerprint density at radius 2 is 1.85 bits per heavy atom. The van der Waals surface area contributed by atoms with Gasteiger partial charge in [0.05, 0.1) is 11.7 Å². The number of hydrogen-bond donors (Lipinski definition) is 3. The van der Waals surface area contributed by atoms with E-state index in [9.17, 15) is 15.0 Å². The molecule has 0 aliphatic heterocycles. The third-order valence-electron chi connectivity index (χ3n) is 5.43. The molecule has 5 heteroatoms. The first-order valence-corrected chi connectivity index (χ1v) is 11.2. The smallest absolute Gasteiger partial charge is 0.303 e. The maximum absolute atomic E-state index is 10.8. The molecule has 1 aromatic rings. The van der Waals surface area contributed by atoms with E-state index in [1.165, 1.54) is 0 Å². The van der Waals surface area contributed by atoms with Crippen molar-refractivity contribution in [1.82, 2.24) is 0 Å². The Morgan fingerprint density at radius 1 is 1.15 bits per heavy atom. The van der Waals surface area contributed by atoms with Crippen molar-refractivity contribution in [2.45, 2.75) is 81.7 Å². The number of carbonyl (C=O) groups is 1. The zero-order valence-corrected chi connectivity index (χ0v) is 17.2. The summed E-state index contributed by atoms with van der Waals surface area (Å²) in [6.07, 6.45) is 7.26. The largest absolute Gasteiger partial charge is 0.481 e. The average molecular weight is 395 g/mol. The van der Waals surface area contributed by atoms with Gasteiger partial charge in [0, 0.05) is 23.8 Å². The van der Waals surface area contributed by atoms with Crippen LogP contribution in [0.2, 0.25) is 0 Å². The van der Waals surface area contributed by atoms with Gasteiger partial charge in [-0.25, -0.2) is 0 Å². The summed E-state index contributed by atoms with van der Waals surface area (Å²) in [4.78, 5) is 10.5. The molecule has 0 radical (unpaired) electrons. The van der Waals surface area contributed by atoms with Gasteiger partial charge in [-0.1, -0.05) is 49.6 Å². The number of aliphatic hydroxyl groups is 2. The molecule has 4 nitrogen and oxygen atoms in total. The molecule has 0 saturated heterocycles. The lowest BCUT2D eigenvalue weighted by molar-refractivity contribution is -0.137. The van der Waals surface area contributed by atoms with E-state index in [1.807, 2.05) is 37.3 Å². The summed E-state index contributed by atoms with van der Waals surface area (Å²) in [6, 6.07) is 10.1. The fourth-order valence-electron chi connectivity index (χ4n) is 3.98. The lowest BCUT2D eigenvalue weighted by Crippen LogP contribution is -2.32. The normalized spacial score (nSPS) is 24.6. The maximum atomic E-state index is 10.8. The fourth-order valence-corrected chi connectivity index (χ4v) is 5.52. The second kappa shape index (κ2) is 11.1. The average Bonchev–Trinajstić information content (AvgIpc) is 2.96. The summed E-state index contributed by atoms with van der Waals surface area (Å²) in [7, 11) is 0. The third-order valence-corrected chi connectivity index (χ3v) is 7.23. The monoisotopic (exact) mass is 394 g/mol. The minimum Gasteiger partial charge on any atom is -0.481 e. The van der Waals surface area contributed by atoms with Crippen LogP contribution in [-0.2, 0) is 11.2 Å². The highest BCUT2D eigenvalue weighted by Crippen LogP contribution is 2.39. The van der Waals surface area contributed by atoms with Gasteiger partial charge in [-0.05, 0) is 44.1 Å². The standard InChI is InChI=1S/C22H34O4S/c1-22(26,15-17-9-5-4-6-10-17)16-27-20-14-13-19(23)18(20)11-7-2-3-8-12-21(24)25/h4-6,9-10,18-20,23,26H,2-3,7-8,11-16H2,1H3,(H,24,25). The quantitative estimate of drug-likeness (QED) is 0.461. The number of rotatable bonds is 12. The number of aliphatic hydroxyl groups excluding tert-OH is 1. The van der Waals surface area contributed by atoms with Crippen LogP contribution in [-0.4, -0.2) is 44.0 Å². The van der Waals surface area contributed by atoms with Gasteiger partial charge in [0.1, 0.15) is 0 Å². The van der Waals surface area contributed by atoms with Crippen molar-refractivity contribution in [3.63, 3.8) is 0 Å². The Bertz CT molecular complexity index is 561. The Morgan fingerprint density at radius 3 is 2.56 bits per heavy atom. The highest BCUT2D eigenvalue weighted by molar-refractivity contribution is 8.00. The van der Waals surface area contributed by atoms with Crippen LogP contribution >= 0.6 is 11.8 Å². The van der Waals surface area contributed by atoms with E-state index in [0.29, 0.717) is 23.3 Å². The van der Waals surface area contributed by atoms with Crippen LogP contribution < -0.4 is 0 Å². The second-order valence-electron chi connectivity index (χ2n) is 8.16. The first-order chi connectivity index (χ1) is 12.9. The molecule has 1 aliphatic rings. The number of hydrogen-bond acceptors (Lipinski definition) is 4. The van der Waals surface area contributed by atoms with Crippen molar-refractivity contribution in [3.8, 4) is 0 Å². The number of thioether (sulfide) groups is 1. The van der Waals surface area contributed by atoms with Gasteiger partial charge in [-0.3, -0.25) is 4.79 Å². The molecule has 4 atom stereocenters. The Hall–Kier alpha value is -1.04. The van der Waals surface area contributed by atoms with Gasteiger partial charge < -0.3 is 15.3 Å². The van der Waals surface area contributed by atoms with Crippen LogP contribution in [0.3, 0.4) is 0 Å². The molecule has 4 unspecified atom stereocenters. The molecular weight excluding hydrogens is 360 g/mol. The first-order valence-electron chi connectivity index (χ1n) is 10.2. The number of carboxylic acid groups (broad SMARTS) is 1. The van der Waals surface area contributed by atoms with Crippen molar-refractivity contribution < 1.29 is 20.1 Å². The van der Waals surface area contributed by atoms with E-state index in [-0.39, 0.29) is 12.5 Å². The molecule has 1 fully saturated rings. The van der Waals surface area contributed by atoms with E-state index in [4.69, 9.17) is 5.11 Å². The lowest BCUT2D eigenvalue weighted by Gasteiger charge is -2.27. The molecule has 1 saturated carbocycles. The summed E-state index contributed by atoms with van der Waals surface area (Å²) >= 11 is 1.81. The molecule has 3 N–H and O–H groups in total. The van der Waals surface area contributed by atoms with Gasteiger partial charge in [0.25, 0.3) is 0 Å². The van der Waals surface area contributed by atoms with Crippen molar-refractivity contribution in [2.24, 2.45) is 5.92 Å². The van der Waals surface area contributed by atoms with E-state index in [1.54, 1.807) is 11.8 Å². The molecule has 0 bridgehead atoms. The third kappa shape index (κ3) is 8.24. The lowest BCUT2D eigenvalue weighted by atomic mass is 9.97. The topological polar surface area (TPSA) is 77.8 Å². The maximum Gasteiger partial charge on any atom is 0.303 e. The Balaban J connectivity index is 1.73. The molecule has 0 amide bonds. The van der Waals surface area contributed by atoms with Crippen LogP contribution in [0.5, 0.6) is 0 Å². The van der Waals surface area contributed by atoms with Gasteiger partial charge in [0.2, 0.25) is 0 Å². The van der Waals surface area contributed by atoms with Crippen LogP contribution in [0.15, 0.2) is 30.3 Å². The molecule has 0 spiro atoms. The van der Waals surface area contributed by atoms with Gasteiger partial charge in [-0.2, -0.15) is 11.8 Å². The molecule has 152 valence electrons. The molecule has 0 aromatic heterocycles. The number of benzene rings is 1. The Labute approximate surface area is 167 Å². The van der Waals surface area contributed by atoms with E-state index in [0.717, 1.165) is 50.5 Å². The zero-order chi connectivity index (χ0) is 19.7. The number of unbranched alkanes of at least 4 members (excludes halogenated alkanes) is 3. The summed E-state index contributed by atoms with van der Waals surface area (Å²) < 4.78 is 0. The van der Waals surface area contributed by atoms with Crippen molar-refractivity contribution in [1.29, 1.82) is 0 Å². The van der Waals surface area contributed by atoms with Crippen molar-refractivity contribution >= 4 is 17.7 Å². The molecule has 0 heterocycles. The fraction of sp³-hybridized carbons (Fsp3) is 0.682. The van der Waals surface area contributed by atoms with E-state index in [2.05, 4.69) is 0 Å². The molecular formula is C22H34O4S. The number of aliphatic carboxylic acids is 1. The van der Waals surface area contributed by atoms with Crippen molar-refractivity contribution in [3.05, 3.63) is 35.9 Å². The summed E-state index contributed by atoms with van der Waals surface area (Å²) in [5.41, 5.74) is 0.397. The second-order valence-corrected chi connectivity index (χ2v) is 9.39. The highest BCUT2D eigenvalue weighted by atomic mass is 32.2. The Kier molecular flexibility index (Phi) is 9.13. The minimum atomic E-state index is -0.749.